The Morgan fingerprint density at radius 1 is 0.947 bits per heavy atom. The minimum Gasteiger partial charge on any atom is -0.466 e. The summed E-state index contributed by atoms with van der Waals surface area (Å²) in [5.74, 6) is -1.05. The van der Waals surface area contributed by atoms with Crippen LogP contribution >= 0.6 is 0 Å². The minimum absolute atomic E-state index is 0.0375. The predicted octanol–water partition coefficient (Wildman–Crippen LogP) is 1.03. The third-order valence-corrected chi connectivity index (χ3v) is 4.26. The summed E-state index contributed by atoms with van der Waals surface area (Å²) >= 11 is 0. The van der Waals surface area contributed by atoms with E-state index in [1.165, 1.54) is 21.3 Å². The van der Waals surface area contributed by atoms with Gasteiger partial charge < -0.3 is 22.4 Å². The molecule has 8 heteroatoms. The summed E-state index contributed by atoms with van der Waals surface area (Å²) in [5.41, 5.74) is 0. The van der Waals surface area contributed by atoms with Gasteiger partial charge in [-0.05, 0) is 6.42 Å². The van der Waals surface area contributed by atoms with E-state index in [0.29, 0.717) is 6.61 Å². The highest BCUT2D eigenvalue weighted by molar-refractivity contribution is 6.55. The Morgan fingerprint density at radius 2 is 1.47 bits per heavy atom. The minimum atomic E-state index is -3.39. The predicted molar refractivity (Wildman–Crippen MR) is 68.0 cm³/mol. The molecule has 0 fully saturated rings. The fourth-order valence-corrected chi connectivity index (χ4v) is 2.30. The van der Waals surface area contributed by atoms with E-state index in [4.69, 9.17) is 22.4 Å². The van der Waals surface area contributed by atoms with Gasteiger partial charge in [-0.1, -0.05) is 13.3 Å². The Kier molecular flexibility index (Phi) is 9.40. The largest absolute Gasteiger partial charge is 0.750 e. The summed E-state index contributed by atoms with van der Waals surface area (Å²) in [4.78, 5) is 22.8. The molecule has 0 heterocycles. The summed E-state index contributed by atoms with van der Waals surface area (Å²) in [5, 5.41) is 0. The molecule has 0 aromatic heterocycles. The Morgan fingerprint density at radius 3 is 1.95 bits per heavy atom. The second kappa shape index (κ2) is 9.90. The molecule has 0 aromatic rings. The number of esters is 1. The van der Waals surface area contributed by atoms with Crippen molar-refractivity contribution in [3.63, 3.8) is 0 Å². The number of ether oxygens (including phenoxy) is 1. The van der Waals surface area contributed by atoms with Crippen molar-refractivity contribution in [2.24, 2.45) is 0 Å². The molecule has 0 aliphatic rings. The number of unbranched alkanes of at least 4 members (excludes halogenated alkanes) is 1. The molecular weight excluding hydrogens is 272 g/mol. The molecule has 19 heavy (non-hydrogen) atoms. The summed E-state index contributed by atoms with van der Waals surface area (Å²) in [6, 6.07) is 0. The third-order valence-electron chi connectivity index (χ3n) is 2.28. The maximum atomic E-state index is 11.5. The molecule has 0 saturated carbocycles. The van der Waals surface area contributed by atoms with Gasteiger partial charge in [0.05, 0.1) is 19.4 Å². The van der Waals surface area contributed by atoms with Crippen molar-refractivity contribution in [1.29, 1.82) is 0 Å². The van der Waals surface area contributed by atoms with Gasteiger partial charge in [0.1, 0.15) is 0 Å². The normalized spacial score (nSPS) is 11.2. The number of hydrogen-bond acceptors (Lipinski definition) is 7. The zero-order valence-corrected chi connectivity index (χ0v) is 12.9. The number of carbonyl (C=O) groups excluding carboxylic acids is 2. The topological polar surface area (TPSA) is 80.3 Å². The second-order valence-electron chi connectivity index (χ2n) is 3.66. The van der Waals surface area contributed by atoms with E-state index in [1.54, 1.807) is 0 Å². The lowest BCUT2D eigenvalue weighted by molar-refractivity contribution is -0.150. The summed E-state index contributed by atoms with van der Waals surface area (Å²) in [6.07, 6.45) is 1.61. The Hall–Kier alpha value is -0.963. The maximum absolute atomic E-state index is 11.5. The second-order valence-corrected chi connectivity index (χ2v) is 6.09. The van der Waals surface area contributed by atoms with Gasteiger partial charge in [-0.25, -0.2) is 0 Å². The molecule has 0 spiro atoms. The Balaban J connectivity index is 4.01. The van der Waals surface area contributed by atoms with Crippen LogP contribution in [0.1, 0.15) is 32.6 Å². The molecule has 0 saturated heterocycles. The van der Waals surface area contributed by atoms with Crippen molar-refractivity contribution >= 4 is 21.0 Å². The van der Waals surface area contributed by atoms with Crippen LogP contribution in [0.3, 0.4) is 0 Å². The fraction of sp³-hybridized carbons (Fsp3) is 0.818. The molecular formula is C11H22O7Si. The average Bonchev–Trinajstić information content (AvgIpc) is 2.43. The van der Waals surface area contributed by atoms with E-state index in [-0.39, 0.29) is 12.8 Å². The molecule has 0 rings (SSSR count). The number of rotatable bonds is 10. The monoisotopic (exact) mass is 294 g/mol. The smallest absolute Gasteiger partial charge is 0.466 e. The third kappa shape index (κ3) is 7.26. The highest BCUT2D eigenvalue weighted by Crippen LogP contribution is 2.10. The van der Waals surface area contributed by atoms with Crippen molar-refractivity contribution in [2.75, 3.05) is 27.9 Å². The zero-order valence-electron chi connectivity index (χ0n) is 11.9. The molecule has 0 amide bonds. The molecule has 0 unspecified atom stereocenters. The molecule has 112 valence electrons. The van der Waals surface area contributed by atoms with Crippen LogP contribution in [0.4, 0.5) is 0 Å². The first-order chi connectivity index (χ1) is 9.03. The lowest BCUT2D eigenvalue weighted by Crippen LogP contribution is -2.48. The van der Waals surface area contributed by atoms with Gasteiger partial charge in [0.2, 0.25) is 0 Å². The van der Waals surface area contributed by atoms with Crippen LogP contribution in [0.5, 0.6) is 0 Å². The molecule has 0 aliphatic carbocycles. The molecule has 0 atom stereocenters. The SMILES string of the molecule is CCCCOC(=O)CCC(=O)O[Si](OC)(OC)OC. The fourth-order valence-electron chi connectivity index (χ4n) is 1.17. The maximum Gasteiger partial charge on any atom is 0.750 e. The van der Waals surface area contributed by atoms with Crippen LogP contribution in [0, 0.1) is 0 Å². The highest BCUT2D eigenvalue weighted by atomic mass is 28.4. The van der Waals surface area contributed by atoms with E-state index in [1.807, 2.05) is 6.92 Å². The van der Waals surface area contributed by atoms with Crippen LogP contribution < -0.4 is 0 Å². The molecule has 7 nitrogen and oxygen atoms in total. The molecule has 0 radical (unpaired) electrons. The molecule has 0 aliphatic heterocycles. The van der Waals surface area contributed by atoms with Crippen LogP contribution in [-0.4, -0.2) is 48.9 Å². The van der Waals surface area contributed by atoms with E-state index in [2.05, 4.69) is 0 Å². The molecule has 0 N–H and O–H groups in total. The van der Waals surface area contributed by atoms with Crippen LogP contribution in [-0.2, 0) is 32.0 Å². The lowest BCUT2D eigenvalue weighted by Gasteiger charge is -2.22. The number of carbonyl (C=O) groups is 2. The Labute approximate surface area is 114 Å². The standard InChI is InChI=1S/C11H22O7Si/c1-5-6-9-17-10(12)7-8-11(13)18-19(14-2,15-3)16-4/h5-9H2,1-4H3. The first-order valence-corrected chi connectivity index (χ1v) is 7.69. The van der Waals surface area contributed by atoms with Gasteiger partial charge in [0.25, 0.3) is 5.97 Å². The average molecular weight is 294 g/mol. The van der Waals surface area contributed by atoms with Crippen molar-refractivity contribution < 1.29 is 32.0 Å². The van der Waals surface area contributed by atoms with Crippen LogP contribution in [0.25, 0.3) is 0 Å². The van der Waals surface area contributed by atoms with E-state index in [0.717, 1.165) is 12.8 Å². The van der Waals surface area contributed by atoms with Gasteiger partial charge in [-0.2, -0.15) is 0 Å². The Bertz CT molecular complexity index is 270. The summed E-state index contributed by atoms with van der Waals surface area (Å²) in [7, 11) is 0.589. The molecule has 0 bridgehead atoms. The quantitative estimate of drug-likeness (QED) is 0.338. The first-order valence-electron chi connectivity index (χ1n) is 6.06. The van der Waals surface area contributed by atoms with Crippen molar-refractivity contribution in [2.45, 2.75) is 32.6 Å². The number of hydrogen-bond donors (Lipinski definition) is 0. The van der Waals surface area contributed by atoms with E-state index in [9.17, 15) is 9.59 Å². The van der Waals surface area contributed by atoms with E-state index < -0.39 is 21.0 Å². The van der Waals surface area contributed by atoms with E-state index >= 15 is 0 Å². The van der Waals surface area contributed by atoms with Crippen LogP contribution in [0.2, 0.25) is 0 Å². The van der Waals surface area contributed by atoms with Gasteiger partial charge in [-0.3, -0.25) is 9.59 Å². The van der Waals surface area contributed by atoms with Gasteiger partial charge in [-0.15, -0.1) is 0 Å². The van der Waals surface area contributed by atoms with Gasteiger partial charge in [0, 0.05) is 21.3 Å². The van der Waals surface area contributed by atoms with Crippen LogP contribution in [0.15, 0.2) is 0 Å². The summed E-state index contributed by atoms with van der Waals surface area (Å²) < 4.78 is 24.7. The van der Waals surface area contributed by atoms with Gasteiger partial charge >= 0.3 is 15.0 Å². The zero-order chi connectivity index (χ0) is 14.7. The van der Waals surface area contributed by atoms with Crippen molar-refractivity contribution in [3.05, 3.63) is 0 Å². The van der Waals surface area contributed by atoms with Crippen molar-refractivity contribution in [3.8, 4) is 0 Å². The lowest BCUT2D eigenvalue weighted by atomic mass is 10.3. The van der Waals surface area contributed by atoms with Crippen molar-refractivity contribution in [1.82, 2.24) is 0 Å². The highest BCUT2D eigenvalue weighted by Gasteiger charge is 2.46. The van der Waals surface area contributed by atoms with Gasteiger partial charge in [0.15, 0.2) is 0 Å². The molecule has 0 aromatic carbocycles. The summed E-state index contributed by atoms with van der Waals surface area (Å²) in [6.45, 7) is 2.37. The first kappa shape index (κ1) is 18.0.